The molecule has 0 radical (unpaired) electrons. The van der Waals surface area contributed by atoms with E-state index in [2.05, 4.69) is 5.32 Å². The van der Waals surface area contributed by atoms with Crippen molar-refractivity contribution in [3.05, 3.63) is 53.6 Å². The summed E-state index contributed by atoms with van der Waals surface area (Å²) in [5.74, 6) is 0.314. The molecular formula is C21H30N3O5P. The molecule has 4 N–H and O–H groups in total. The van der Waals surface area contributed by atoms with E-state index in [-0.39, 0.29) is 11.9 Å². The molecule has 0 fully saturated rings. The molecule has 2 rings (SSSR count). The second-order valence-electron chi connectivity index (χ2n) is 6.75. The summed E-state index contributed by atoms with van der Waals surface area (Å²) < 4.78 is 35.4. The van der Waals surface area contributed by atoms with Crippen LogP contribution >= 0.6 is 7.60 Å². The van der Waals surface area contributed by atoms with E-state index in [1.807, 2.05) is 20.8 Å². The largest absolute Gasteiger partial charge is 0.490 e. The fraction of sp³-hybridized carbons (Fsp3) is 0.381. The summed E-state index contributed by atoms with van der Waals surface area (Å²) in [7, 11) is -0.876. The molecule has 0 aromatic heterocycles. The van der Waals surface area contributed by atoms with Gasteiger partial charge in [0.1, 0.15) is 5.84 Å². The Kier molecular flexibility index (Phi) is 8.29. The summed E-state index contributed by atoms with van der Waals surface area (Å²) in [5, 5.41) is 10.7. The molecule has 0 bridgehead atoms. The number of amidine groups is 1. The third kappa shape index (κ3) is 5.75. The van der Waals surface area contributed by atoms with Gasteiger partial charge in [0, 0.05) is 25.5 Å². The predicted molar refractivity (Wildman–Crippen MR) is 119 cm³/mol. The Morgan fingerprint density at radius 1 is 1.10 bits per heavy atom. The van der Waals surface area contributed by atoms with E-state index in [0.29, 0.717) is 34.9 Å². The number of nitrogens with two attached hydrogens (primary N) is 1. The molecule has 2 aromatic rings. The van der Waals surface area contributed by atoms with Gasteiger partial charge in [0.2, 0.25) is 0 Å². The maximum atomic E-state index is 13.3. The Morgan fingerprint density at radius 2 is 1.73 bits per heavy atom. The van der Waals surface area contributed by atoms with Gasteiger partial charge in [-0.05, 0) is 62.7 Å². The van der Waals surface area contributed by atoms with Gasteiger partial charge in [-0.2, -0.15) is 0 Å². The minimum absolute atomic E-state index is 0.0205. The maximum Gasteiger partial charge on any atom is 0.356 e. The lowest BCUT2D eigenvalue weighted by Crippen LogP contribution is -2.15. The van der Waals surface area contributed by atoms with Crippen molar-refractivity contribution < 1.29 is 23.1 Å². The Bertz CT molecular complexity index is 894. The van der Waals surface area contributed by atoms with E-state index in [1.165, 1.54) is 14.2 Å². The Labute approximate surface area is 177 Å². The molecule has 30 heavy (non-hydrogen) atoms. The molecule has 164 valence electrons. The highest BCUT2D eigenvalue weighted by Crippen LogP contribution is 2.60. The topological polar surface area (TPSA) is 116 Å². The normalized spacial score (nSPS) is 12.5. The second kappa shape index (κ2) is 10.5. The average molecular weight is 435 g/mol. The van der Waals surface area contributed by atoms with Gasteiger partial charge in [-0.15, -0.1) is 0 Å². The lowest BCUT2D eigenvalue weighted by atomic mass is 10.1. The van der Waals surface area contributed by atoms with Gasteiger partial charge in [0.15, 0.2) is 17.3 Å². The zero-order valence-electron chi connectivity index (χ0n) is 18.0. The standard InChI is InChI=1S/C21H30N3O5P/c1-6-28-19-13-16(9-12-18(19)29-14(2)3)21(30(25,26-4)27-5)24-17-10-7-15(8-11-17)20(22)23/h7-14,21,24H,6H2,1-5H3,(H3,22,23). The quantitative estimate of drug-likeness (QED) is 0.265. The fourth-order valence-corrected chi connectivity index (χ4v) is 4.25. The number of nitrogens with one attached hydrogen (secondary N) is 2. The van der Waals surface area contributed by atoms with Crippen molar-refractivity contribution >= 4 is 19.1 Å². The zero-order chi connectivity index (χ0) is 22.3. The van der Waals surface area contributed by atoms with E-state index in [1.54, 1.807) is 42.5 Å². The first-order valence-corrected chi connectivity index (χ1v) is 11.2. The van der Waals surface area contributed by atoms with E-state index >= 15 is 0 Å². The second-order valence-corrected chi connectivity index (χ2v) is 9.08. The van der Waals surface area contributed by atoms with Crippen molar-refractivity contribution in [1.82, 2.24) is 0 Å². The summed E-state index contributed by atoms with van der Waals surface area (Å²) in [6.45, 7) is 6.20. The predicted octanol–water partition coefficient (Wildman–Crippen LogP) is 4.75. The molecule has 0 aliphatic carbocycles. The van der Waals surface area contributed by atoms with Crippen LogP contribution in [0.1, 0.15) is 37.7 Å². The van der Waals surface area contributed by atoms with Gasteiger partial charge in [0.25, 0.3) is 0 Å². The molecule has 0 aliphatic heterocycles. The van der Waals surface area contributed by atoms with Crippen LogP contribution in [0.15, 0.2) is 42.5 Å². The first-order chi connectivity index (χ1) is 14.2. The molecule has 9 heteroatoms. The molecule has 0 heterocycles. The van der Waals surface area contributed by atoms with Gasteiger partial charge in [-0.1, -0.05) is 6.07 Å². The van der Waals surface area contributed by atoms with Crippen LogP contribution in [0.4, 0.5) is 5.69 Å². The molecule has 8 nitrogen and oxygen atoms in total. The van der Waals surface area contributed by atoms with Crippen LogP contribution in [-0.4, -0.2) is 32.8 Å². The zero-order valence-corrected chi connectivity index (χ0v) is 18.9. The number of ether oxygens (including phenoxy) is 2. The maximum absolute atomic E-state index is 13.3. The van der Waals surface area contributed by atoms with Crippen LogP contribution in [0.3, 0.4) is 0 Å². The summed E-state index contributed by atoms with van der Waals surface area (Å²) >= 11 is 0. The fourth-order valence-electron chi connectivity index (χ4n) is 2.85. The van der Waals surface area contributed by atoms with E-state index < -0.39 is 13.4 Å². The van der Waals surface area contributed by atoms with Crippen LogP contribution < -0.4 is 20.5 Å². The number of anilines is 1. The van der Waals surface area contributed by atoms with E-state index in [9.17, 15) is 4.57 Å². The van der Waals surface area contributed by atoms with Crippen LogP contribution in [0.5, 0.6) is 11.5 Å². The summed E-state index contributed by atoms with van der Waals surface area (Å²) in [6.07, 6.45) is -0.0205. The molecule has 0 saturated carbocycles. The highest BCUT2D eigenvalue weighted by atomic mass is 31.2. The van der Waals surface area contributed by atoms with Crippen molar-refractivity contribution in [3.8, 4) is 11.5 Å². The monoisotopic (exact) mass is 435 g/mol. The van der Waals surface area contributed by atoms with Crippen molar-refractivity contribution in [2.45, 2.75) is 32.7 Å². The summed E-state index contributed by atoms with van der Waals surface area (Å²) in [4.78, 5) is 0. The van der Waals surface area contributed by atoms with Gasteiger partial charge >= 0.3 is 7.60 Å². The SMILES string of the molecule is CCOc1cc(C(Nc2ccc(C(=N)N)cc2)P(=O)(OC)OC)ccc1OC(C)C. The molecule has 2 aromatic carbocycles. The number of hydrogen-bond donors (Lipinski definition) is 3. The number of hydrogen-bond acceptors (Lipinski definition) is 7. The van der Waals surface area contributed by atoms with E-state index in [4.69, 9.17) is 29.7 Å². The van der Waals surface area contributed by atoms with Crippen molar-refractivity contribution in [2.24, 2.45) is 5.73 Å². The smallest absolute Gasteiger partial charge is 0.356 e. The van der Waals surface area contributed by atoms with Crippen LogP contribution in [0.25, 0.3) is 0 Å². The van der Waals surface area contributed by atoms with Crippen LogP contribution in [0.2, 0.25) is 0 Å². The lowest BCUT2D eigenvalue weighted by molar-refractivity contribution is 0.223. The summed E-state index contributed by atoms with van der Waals surface area (Å²) in [5.41, 5.74) is 7.42. The van der Waals surface area contributed by atoms with Crippen molar-refractivity contribution in [1.29, 1.82) is 5.41 Å². The first-order valence-electron chi connectivity index (χ1n) is 9.59. The molecule has 1 unspecified atom stereocenters. The first kappa shape index (κ1) is 23.7. The molecule has 0 aliphatic rings. The number of benzene rings is 2. The molecule has 0 amide bonds. The third-order valence-corrected chi connectivity index (χ3v) is 6.35. The van der Waals surface area contributed by atoms with E-state index in [0.717, 1.165) is 0 Å². The minimum Gasteiger partial charge on any atom is -0.490 e. The highest BCUT2D eigenvalue weighted by molar-refractivity contribution is 7.54. The van der Waals surface area contributed by atoms with Gasteiger partial charge in [-0.25, -0.2) is 0 Å². The van der Waals surface area contributed by atoms with Gasteiger partial charge in [-0.3, -0.25) is 9.97 Å². The van der Waals surface area contributed by atoms with Crippen molar-refractivity contribution in [2.75, 3.05) is 26.1 Å². The molecule has 0 spiro atoms. The minimum atomic E-state index is -3.57. The highest BCUT2D eigenvalue weighted by Gasteiger charge is 2.36. The lowest BCUT2D eigenvalue weighted by Gasteiger charge is -2.27. The van der Waals surface area contributed by atoms with Gasteiger partial charge in [0.05, 0.1) is 12.7 Å². The average Bonchev–Trinajstić information content (AvgIpc) is 2.73. The Hall–Kier alpha value is -2.54. The van der Waals surface area contributed by atoms with Crippen LogP contribution in [0, 0.1) is 5.41 Å². The molecule has 1 atom stereocenters. The molecular weight excluding hydrogens is 405 g/mol. The summed E-state index contributed by atoms with van der Waals surface area (Å²) in [6, 6.07) is 12.3. The Morgan fingerprint density at radius 3 is 2.23 bits per heavy atom. The molecule has 0 saturated heterocycles. The van der Waals surface area contributed by atoms with Gasteiger partial charge < -0.3 is 29.6 Å². The number of nitrogen functional groups attached to an aromatic ring is 1. The van der Waals surface area contributed by atoms with Crippen LogP contribution in [-0.2, 0) is 13.6 Å². The number of rotatable bonds is 11. The Balaban J connectivity index is 2.47. The van der Waals surface area contributed by atoms with Crippen molar-refractivity contribution in [3.63, 3.8) is 0 Å². The third-order valence-electron chi connectivity index (χ3n) is 4.27.